The Bertz CT molecular complexity index is 1210. The van der Waals surface area contributed by atoms with Gasteiger partial charge in [0.1, 0.15) is 11.6 Å². The molecule has 33 heavy (non-hydrogen) atoms. The van der Waals surface area contributed by atoms with Gasteiger partial charge in [0.25, 0.3) is 5.88 Å². The molecule has 4 aromatic rings. The molecule has 4 rings (SSSR count). The van der Waals surface area contributed by atoms with Gasteiger partial charge in [-0.2, -0.15) is 0 Å². The summed E-state index contributed by atoms with van der Waals surface area (Å²) < 4.78 is 10.4. The Morgan fingerprint density at radius 2 is 1.97 bits per heavy atom. The van der Waals surface area contributed by atoms with Gasteiger partial charge in [0.2, 0.25) is 5.91 Å². The van der Waals surface area contributed by atoms with E-state index in [1.807, 2.05) is 56.3 Å². The van der Waals surface area contributed by atoms with Crippen molar-refractivity contribution in [1.29, 1.82) is 0 Å². The Morgan fingerprint density at radius 1 is 1.12 bits per heavy atom. The molecule has 1 N–H and O–H groups in total. The lowest BCUT2D eigenvalue weighted by Crippen LogP contribution is -2.22. The van der Waals surface area contributed by atoms with Gasteiger partial charge in [0, 0.05) is 49.0 Å². The van der Waals surface area contributed by atoms with Gasteiger partial charge >= 0.3 is 0 Å². The highest BCUT2D eigenvalue weighted by Crippen LogP contribution is 2.28. The molecule has 0 saturated heterocycles. The highest BCUT2D eigenvalue weighted by atomic mass is 16.5. The number of amides is 1. The lowest BCUT2D eigenvalue weighted by molar-refractivity contribution is -0.121. The highest BCUT2D eigenvalue weighted by molar-refractivity contribution is 5.78. The number of nitrogens with zero attached hydrogens (tertiary/aromatic N) is 4. The first-order valence-corrected chi connectivity index (χ1v) is 10.8. The second-order valence-electron chi connectivity index (χ2n) is 7.43. The monoisotopic (exact) mass is 443 g/mol. The van der Waals surface area contributed by atoms with Crippen LogP contribution in [0.4, 0.5) is 0 Å². The molecule has 8 heteroatoms. The van der Waals surface area contributed by atoms with Gasteiger partial charge in [-0.1, -0.05) is 30.3 Å². The molecule has 0 bridgehead atoms. The van der Waals surface area contributed by atoms with E-state index >= 15 is 0 Å². The van der Waals surface area contributed by atoms with E-state index < -0.39 is 0 Å². The van der Waals surface area contributed by atoms with Crippen LogP contribution in [0, 0.1) is 6.92 Å². The number of carbonyl (C=O) groups excluding carboxylic acids is 1. The zero-order chi connectivity index (χ0) is 23.0. The topological polar surface area (TPSA) is 103 Å². The highest BCUT2D eigenvalue weighted by Gasteiger charge is 2.12. The van der Waals surface area contributed by atoms with Crippen LogP contribution in [0.2, 0.25) is 0 Å². The van der Waals surface area contributed by atoms with Crippen LogP contribution in [0.25, 0.3) is 22.5 Å². The first-order valence-electron chi connectivity index (χ1n) is 10.8. The van der Waals surface area contributed by atoms with Crippen LogP contribution >= 0.6 is 0 Å². The predicted octanol–water partition coefficient (Wildman–Crippen LogP) is 4.15. The number of pyridine rings is 1. The van der Waals surface area contributed by atoms with Crippen LogP contribution < -0.4 is 10.1 Å². The molecule has 0 aliphatic rings. The molecule has 0 unspecified atom stereocenters. The fourth-order valence-corrected chi connectivity index (χ4v) is 3.33. The van der Waals surface area contributed by atoms with Crippen molar-refractivity contribution in [3.63, 3.8) is 0 Å². The summed E-state index contributed by atoms with van der Waals surface area (Å²) in [5.74, 6) is 1.71. The third-order valence-corrected chi connectivity index (χ3v) is 5.00. The molecular formula is C25H25N5O3. The number of nitrogens with one attached hydrogen (secondary N) is 1. The number of hydrogen-bond acceptors (Lipinski definition) is 7. The summed E-state index contributed by atoms with van der Waals surface area (Å²) in [7, 11) is 0. The minimum absolute atomic E-state index is 0.0581. The third kappa shape index (κ3) is 5.79. The van der Waals surface area contributed by atoms with E-state index in [-0.39, 0.29) is 5.91 Å². The maximum atomic E-state index is 12.2. The Hall–Kier alpha value is -4.07. The molecule has 1 amide bonds. The quantitative estimate of drug-likeness (QED) is 0.414. The van der Waals surface area contributed by atoms with E-state index in [1.165, 1.54) is 0 Å². The maximum absolute atomic E-state index is 12.2. The molecule has 3 aromatic heterocycles. The van der Waals surface area contributed by atoms with Gasteiger partial charge in [0.15, 0.2) is 0 Å². The van der Waals surface area contributed by atoms with Crippen LogP contribution in [-0.4, -0.2) is 32.6 Å². The summed E-state index contributed by atoms with van der Waals surface area (Å²) in [5.41, 5.74) is 4.49. The fourth-order valence-electron chi connectivity index (χ4n) is 3.33. The van der Waals surface area contributed by atoms with Crippen molar-refractivity contribution in [2.75, 3.05) is 6.61 Å². The molecule has 0 spiro atoms. The summed E-state index contributed by atoms with van der Waals surface area (Å²) in [6.07, 6.45) is 4.34. The molecular weight excluding hydrogens is 418 g/mol. The van der Waals surface area contributed by atoms with Gasteiger partial charge in [-0.05, 0) is 36.7 Å². The SMILES string of the molecule is CCOc1cc(CCC(=O)NCc2ccc(-c3nc(C)ncc3-c3ccccn3)cc2)on1. The second kappa shape index (κ2) is 10.5. The number of benzene rings is 1. The fraction of sp³-hybridized carbons (Fsp3) is 0.240. The van der Waals surface area contributed by atoms with Gasteiger partial charge < -0.3 is 14.6 Å². The zero-order valence-electron chi connectivity index (χ0n) is 18.6. The standard InChI is InChI=1S/C25H25N5O3/c1-3-32-24-14-20(33-30-24)11-12-23(31)28-15-18-7-9-19(10-8-18)25-21(16-27-17(2)29-25)22-6-4-5-13-26-22/h4-10,13-14,16H,3,11-12,15H2,1-2H3,(H,28,31). The number of hydrogen-bond donors (Lipinski definition) is 1. The van der Waals surface area contributed by atoms with Gasteiger partial charge in [-0.25, -0.2) is 9.97 Å². The van der Waals surface area contributed by atoms with Crippen LogP contribution in [0.15, 0.2) is 65.4 Å². The van der Waals surface area contributed by atoms with E-state index in [4.69, 9.17) is 9.26 Å². The van der Waals surface area contributed by atoms with Crippen molar-refractivity contribution in [2.24, 2.45) is 0 Å². The van der Waals surface area contributed by atoms with Crippen molar-refractivity contribution in [3.05, 3.63) is 78.1 Å². The summed E-state index contributed by atoms with van der Waals surface area (Å²) in [5, 5.41) is 6.74. The number of aryl methyl sites for hydroxylation is 2. The van der Waals surface area contributed by atoms with Crippen LogP contribution in [0.3, 0.4) is 0 Å². The minimum Gasteiger partial charge on any atom is -0.476 e. The van der Waals surface area contributed by atoms with E-state index in [0.717, 1.165) is 28.1 Å². The Kier molecular flexibility index (Phi) is 7.04. The lowest BCUT2D eigenvalue weighted by atomic mass is 10.0. The Morgan fingerprint density at radius 3 is 2.73 bits per heavy atom. The van der Waals surface area contributed by atoms with Crippen molar-refractivity contribution >= 4 is 5.91 Å². The normalized spacial score (nSPS) is 10.7. The van der Waals surface area contributed by atoms with Crippen LogP contribution in [0.1, 0.15) is 30.5 Å². The first kappa shape index (κ1) is 22.1. The van der Waals surface area contributed by atoms with Gasteiger partial charge in [-0.3, -0.25) is 9.78 Å². The summed E-state index contributed by atoms with van der Waals surface area (Å²) in [6, 6.07) is 15.4. The molecule has 0 aliphatic carbocycles. The summed E-state index contributed by atoms with van der Waals surface area (Å²) >= 11 is 0. The molecule has 0 fully saturated rings. The van der Waals surface area contributed by atoms with Crippen molar-refractivity contribution in [2.45, 2.75) is 33.2 Å². The average Bonchev–Trinajstić information content (AvgIpc) is 3.30. The maximum Gasteiger partial charge on any atom is 0.254 e. The number of ether oxygens (including phenoxy) is 1. The molecule has 0 saturated carbocycles. The average molecular weight is 444 g/mol. The number of carbonyl (C=O) groups is 1. The first-order chi connectivity index (χ1) is 16.1. The van der Waals surface area contributed by atoms with Crippen LogP contribution in [-0.2, 0) is 17.8 Å². The number of aromatic nitrogens is 4. The lowest BCUT2D eigenvalue weighted by Gasteiger charge is -2.10. The Labute approximate surface area is 192 Å². The molecule has 3 heterocycles. The smallest absolute Gasteiger partial charge is 0.254 e. The zero-order valence-corrected chi connectivity index (χ0v) is 18.6. The minimum atomic E-state index is -0.0581. The van der Waals surface area contributed by atoms with E-state index in [2.05, 4.69) is 25.4 Å². The molecule has 168 valence electrons. The van der Waals surface area contributed by atoms with E-state index in [9.17, 15) is 4.79 Å². The molecule has 0 aliphatic heterocycles. The van der Waals surface area contributed by atoms with Crippen LogP contribution in [0.5, 0.6) is 5.88 Å². The Balaban J connectivity index is 1.37. The van der Waals surface area contributed by atoms with Gasteiger partial charge in [-0.15, -0.1) is 0 Å². The summed E-state index contributed by atoms with van der Waals surface area (Å²) in [4.78, 5) is 25.6. The van der Waals surface area contributed by atoms with Crippen molar-refractivity contribution < 1.29 is 14.1 Å². The van der Waals surface area contributed by atoms with Crippen molar-refractivity contribution in [1.82, 2.24) is 25.4 Å². The molecule has 1 aromatic carbocycles. The second-order valence-corrected chi connectivity index (χ2v) is 7.43. The summed E-state index contributed by atoms with van der Waals surface area (Å²) in [6.45, 7) is 4.70. The third-order valence-electron chi connectivity index (χ3n) is 5.00. The molecule has 0 radical (unpaired) electrons. The van der Waals surface area contributed by atoms with Crippen molar-refractivity contribution in [3.8, 4) is 28.4 Å². The largest absolute Gasteiger partial charge is 0.476 e. The molecule has 8 nitrogen and oxygen atoms in total. The number of rotatable bonds is 9. The molecule has 0 atom stereocenters. The van der Waals surface area contributed by atoms with E-state index in [0.29, 0.717) is 43.5 Å². The predicted molar refractivity (Wildman–Crippen MR) is 123 cm³/mol. The van der Waals surface area contributed by atoms with Gasteiger partial charge in [0.05, 0.1) is 18.0 Å². The van der Waals surface area contributed by atoms with E-state index in [1.54, 1.807) is 18.5 Å².